The fraction of sp³-hybridized carbons (Fsp3) is 0.462. The molecule has 1 rings (SSSR count). The second-order valence-electron chi connectivity index (χ2n) is 4.31. The first-order chi connectivity index (χ1) is 7.97. The molecule has 0 heterocycles. The second kappa shape index (κ2) is 5.68. The maximum Gasteiger partial charge on any atom is 0.308 e. The van der Waals surface area contributed by atoms with Gasteiger partial charge < -0.3 is 14.7 Å². The summed E-state index contributed by atoms with van der Waals surface area (Å²) in [5.74, 6) is -0.479. The van der Waals surface area contributed by atoms with Gasteiger partial charge in [0.25, 0.3) is 0 Å². The van der Waals surface area contributed by atoms with Crippen molar-refractivity contribution < 1.29 is 14.6 Å². The van der Waals surface area contributed by atoms with Crippen LogP contribution < -0.4 is 4.74 Å². The highest BCUT2D eigenvalue weighted by Crippen LogP contribution is 2.28. The number of carboxylic acid groups (broad SMARTS) is 1. The minimum atomic E-state index is -0.792. The minimum absolute atomic E-state index is 0.140. The van der Waals surface area contributed by atoms with Gasteiger partial charge in [0.05, 0.1) is 13.0 Å². The molecule has 4 nitrogen and oxygen atoms in total. The molecule has 2 atom stereocenters. The van der Waals surface area contributed by atoms with Crippen molar-refractivity contribution in [3.05, 3.63) is 29.8 Å². The average Bonchev–Trinajstić information content (AvgIpc) is 2.29. The predicted molar refractivity (Wildman–Crippen MR) is 66.2 cm³/mol. The normalized spacial score (nSPS) is 14.4. The topological polar surface area (TPSA) is 49.8 Å². The molecule has 17 heavy (non-hydrogen) atoms. The summed E-state index contributed by atoms with van der Waals surface area (Å²) in [5.41, 5.74) is 0.978. The quantitative estimate of drug-likeness (QED) is 0.851. The molecule has 1 aromatic rings. The van der Waals surface area contributed by atoms with E-state index in [0.29, 0.717) is 0 Å². The highest BCUT2D eigenvalue weighted by atomic mass is 16.5. The summed E-state index contributed by atoms with van der Waals surface area (Å²) in [4.78, 5) is 13.0. The van der Waals surface area contributed by atoms with Gasteiger partial charge in [0.1, 0.15) is 5.75 Å². The fourth-order valence-corrected chi connectivity index (χ4v) is 1.97. The maximum atomic E-state index is 11.1. The van der Waals surface area contributed by atoms with Crippen molar-refractivity contribution in [1.82, 2.24) is 4.90 Å². The van der Waals surface area contributed by atoms with E-state index in [1.165, 1.54) is 0 Å². The number of methoxy groups -OCH3 is 1. The van der Waals surface area contributed by atoms with E-state index in [9.17, 15) is 4.79 Å². The van der Waals surface area contributed by atoms with Crippen molar-refractivity contribution in [2.45, 2.75) is 13.0 Å². The van der Waals surface area contributed by atoms with E-state index >= 15 is 0 Å². The number of hydrogen-bond acceptors (Lipinski definition) is 3. The van der Waals surface area contributed by atoms with E-state index < -0.39 is 11.9 Å². The Morgan fingerprint density at radius 3 is 2.18 bits per heavy atom. The van der Waals surface area contributed by atoms with Crippen LogP contribution >= 0.6 is 0 Å². The van der Waals surface area contributed by atoms with Gasteiger partial charge in [0, 0.05) is 6.04 Å². The van der Waals surface area contributed by atoms with Crippen LogP contribution in [0.2, 0.25) is 0 Å². The highest BCUT2D eigenvalue weighted by molar-refractivity contribution is 5.70. The zero-order valence-electron chi connectivity index (χ0n) is 10.7. The molecule has 0 aliphatic rings. The van der Waals surface area contributed by atoms with Crippen LogP contribution in [0.25, 0.3) is 0 Å². The molecule has 2 unspecified atom stereocenters. The number of benzene rings is 1. The van der Waals surface area contributed by atoms with Crippen LogP contribution in [0.1, 0.15) is 18.5 Å². The van der Waals surface area contributed by atoms with Crippen LogP contribution in [-0.4, -0.2) is 37.2 Å². The summed E-state index contributed by atoms with van der Waals surface area (Å²) >= 11 is 0. The SMILES string of the molecule is COc1ccc(C(C(C)C(=O)O)N(C)C)cc1. The number of ether oxygens (including phenoxy) is 1. The molecule has 0 spiro atoms. The molecule has 1 N–H and O–H groups in total. The second-order valence-corrected chi connectivity index (χ2v) is 4.31. The molecular weight excluding hydrogens is 218 g/mol. The molecule has 1 aromatic carbocycles. The van der Waals surface area contributed by atoms with Gasteiger partial charge >= 0.3 is 5.97 Å². The number of carboxylic acids is 1. The molecule has 0 saturated heterocycles. The third kappa shape index (κ3) is 3.20. The van der Waals surface area contributed by atoms with E-state index in [4.69, 9.17) is 9.84 Å². The van der Waals surface area contributed by atoms with Crippen molar-refractivity contribution in [3.8, 4) is 5.75 Å². The van der Waals surface area contributed by atoms with E-state index in [-0.39, 0.29) is 6.04 Å². The number of hydrogen-bond donors (Lipinski definition) is 1. The van der Waals surface area contributed by atoms with Crippen LogP contribution in [-0.2, 0) is 4.79 Å². The minimum Gasteiger partial charge on any atom is -0.497 e. The van der Waals surface area contributed by atoms with Crippen molar-refractivity contribution in [2.75, 3.05) is 21.2 Å². The van der Waals surface area contributed by atoms with Crippen LogP contribution in [0.3, 0.4) is 0 Å². The van der Waals surface area contributed by atoms with Crippen molar-refractivity contribution in [2.24, 2.45) is 5.92 Å². The largest absolute Gasteiger partial charge is 0.497 e. The zero-order chi connectivity index (χ0) is 13.0. The molecule has 0 amide bonds. The molecule has 0 radical (unpaired) electrons. The summed E-state index contributed by atoms with van der Waals surface area (Å²) in [7, 11) is 5.38. The van der Waals surface area contributed by atoms with Gasteiger partial charge in [0.15, 0.2) is 0 Å². The fourth-order valence-electron chi connectivity index (χ4n) is 1.97. The molecule has 0 aromatic heterocycles. The Morgan fingerprint density at radius 2 is 1.82 bits per heavy atom. The zero-order valence-corrected chi connectivity index (χ0v) is 10.7. The molecule has 0 bridgehead atoms. The van der Waals surface area contributed by atoms with Crippen molar-refractivity contribution >= 4 is 5.97 Å². The summed E-state index contributed by atoms with van der Waals surface area (Å²) in [6.45, 7) is 1.72. The van der Waals surface area contributed by atoms with Crippen LogP contribution in [0.15, 0.2) is 24.3 Å². The van der Waals surface area contributed by atoms with Crippen molar-refractivity contribution in [1.29, 1.82) is 0 Å². The first kappa shape index (κ1) is 13.5. The van der Waals surface area contributed by atoms with Crippen LogP contribution in [0.4, 0.5) is 0 Å². The van der Waals surface area contributed by atoms with Gasteiger partial charge in [-0.05, 0) is 31.8 Å². The van der Waals surface area contributed by atoms with Gasteiger partial charge in [-0.1, -0.05) is 19.1 Å². The van der Waals surface area contributed by atoms with Gasteiger partial charge in [-0.2, -0.15) is 0 Å². The molecule has 0 saturated carbocycles. The first-order valence-electron chi connectivity index (χ1n) is 5.50. The Hall–Kier alpha value is -1.55. The summed E-state index contributed by atoms with van der Waals surface area (Å²) in [6, 6.07) is 7.37. The van der Waals surface area contributed by atoms with Gasteiger partial charge in [0.2, 0.25) is 0 Å². The average molecular weight is 237 g/mol. The van der Waals surface area contributed by atoms with Crippen LogP contribution in [0.5, 0.6) is 5.75 Å². The Balaban J connectivity index is 3.01. The lowest BCUT2D eigenvalue weighted by atomic mass is 9.93. The lowest BCUT2D eigenvalue weighted by Crippen LogP contribution is -2.30. The highest BCUT2D eigenvalue weighted by Gasteiger charge is 2.26. The summed E-state index contributed by atoms with van der Waals surface area (Å²) in [5, 5.41) is 9.11. The molecule has 0 aliphatic heterocycles. The Morgan fingerprint density at radius 1 is 1.29 bits per heavy atom. The summed E-state index contributed by atoms with van der Waals surface area (Å²) < 4.78 is 5.09. The monoisotopic (exact) mass is 237 g/mol. The molecule has 4 heteroatoms. The Kier molecular flexibility index (Phi) is 4.52. The summed E-state index contributed by atoms with van der Waals surface area (Å²) in [6.07, 6.45) is 0. The number of rotatable bonds is 5. The molecular formula is C13H19NO3. The lowest BCUT2D eigenvalue weighted by molar-refractivity contribution is -0.143. The molecule has 0 fully saturated rings. The van der Waals surface area contributed by atoms with E-state index in [0.717, 1.165) is 11.3 Å². The molecule has 0 aliphatic carbocycles. The van der Waals surface area contributed by atoms with E-state index in [1.807, 2.05) is 43.3 Å². The maximum absolute atomic E-state index is 11.1. The third-order valence-corrected chi connectivity index (χ3v) is 2.88. The Bertz CT molecular complexity index is 373. The van der Waals surface area contributed by atoms with Crippen LogP contribution in [0, 0.1) is 5.92 Å². The number of nitrogens with zero attached hydrogens (tertiary/aromatic N) is 1. The number of aliphatic carboxylic acids is 1. The lowest BCUT2D eigenvalue weighted by Gasteiger charge is -2.28. The Labute approximate surface area is 102 Å². The number of carbonyl (C=O) groups is 1. The standard InChI is InChI=1S/C13H19NO3/c1-9(13(15)16)12(14(2)3)10-5-7-11(17-4)8-6-10/h5-9,12H,1-4H3,(H,15,16). The van der Waals surface area contributed by atoms with E-state index in [2.05, 4.69) is 0 Å². The van der Waals surface area contributed by atoms with Gasteiger partial charge in [-0.15, -0.1) is 0 Å². The molecule has 94 valence electrons. The van der Waals surface area contributed by atoms with Gasteiger partial charge in [-0.3, -0.25) is 4.79 Å². The predicted octanol–water partition coefficient (Wildman–Crippen LogP) is 2.02. The first-order valence-corrected chi connectivity index (χ1v) is 5.50. The third-order valence-electron chi connectivity index (χ3n) is 2.88. The van der Waals surface area contributed by atoms with Gasteiger partial charge in [-0.25, -0.2) is 0 Å². The van der Waals surface area contributed by atoms with Crippen molar-refractivity contribution in [3.63, 3.8) is 0 Å². The smallest absolute Gasteiger partial charge is 0.308 e. The van der Waals surface area contributed by atoms with E-state index in [1.54, 1.807) is 14.0 Å².